The lowest BCUT2D eigenvalue weighted by Gasteiger charge is -2.13. The molecule has 2 rings (SSSR count). The molecular formula is C14H18N4S. The fourth-order valence-electron chi connectivity index (χ4n) is 1.86. The van der Waals surface area contributed by atoms with E-state index < -0.39 is 0 Å². The molecule has 0 aliphatic carbocycles. The second kappa shape index (κ2) is 6.53. The molecule has 0 aliphatic rings. The zero-order chi connectivity index (χ0) is 13.7. The molecule has 5 heteroatoms. The quantitative estimate of drug-likeness (QED) is 0.858. The van der Waals surface area contributed by atoms with Gasteiger partial charge < -0.3 is 5.73 Å². The summed E-state index contributed by atoms with van der Waals surface area (Å²) in [4.78, 5) is 4.66. The summed E-state index contributed by atoms with van der Waals surface area (Å²) in [6, 6.07) is 4.19. The zero-order valence-electron chi connectivity index (χ0n) is 11.3. The van der Waals surface area contributed by atoms with Crippen LogP contribution in [0.3, 0.4) is 0 Å². The van der Waals surface area contributed by atoms with Gasteiger partial charge in [0.15, 0.2) is 0 Å². The van der Waals surface area contributed by atoms with E-state index in [1.54, 1.807) is 11.3 Å². The van der Waals surface area contributed by atoms with E-state index >= 15 is 0 Å². The van der Waals surface area contributed by atoms with Crippen LogP contribution in [0.25, 0.3) is 0 Å². The maximum Gasteiger partial charge on any atom is 0.0772 e. The summed E-state index contributed by atoms with van der Waals surface area (Å²) in [6.07, 6.45) is 3.95. The third-order valence-corrected chi connectivity index (χ3v) is 3.60. The van der Waals surface area contributed by atoms with Crippen molar-refractivity contribution in [2.24, 2.45) is 12.8 Å². The fraction of sp³-hybridized carbons (Fsp3) is 0.357. The van der Waals surface area contributed by atoms with Crippen molar-refractivity contribution in [2.45, 2.75) is 13.1 Å². The van der Waals surface area contributed by atoms with Crippen LogP contribution in [0, 0.1) is 11.8 Å². The van der Waals surface area contributed by atoms with E-state index in [2.05, 4.69) is 41.0 Å². The molecule has 0 aliphatic heterocycles. The molecule has 0 bridgehead atoms. The lowest BCUT2D eigenvalue weighted by molar-refractivity contribution is 0.322. The molecule has 0 radical (unpaired) electrons. The van der Waals surface area contributed by atoms with Gasteiger partial charge in [0.05, 0.1) is 17.6 Å². The van der Waals surface area contributed by atoms with Crippen LogP contribution in [-0.4, -0.2) is 28.3 Å². The summed E-state index contributed by atoms with van der Waals surface area (Å²) < 4.78 is 1.83. The Labute approximate surface area is 117 Å². The summed E-state index contributed by atoms with van der Waals surface area (Å²) in [7, 11) is 4.04. The van der Waals surface area contributed by atoms with Gasteiger partial charge in [-0.25, -0.2) is 0 Å². The topological polar surface area (TPSA) is 47.1 Å². The Bertz CT molecular complexity index is 588. The highest BCUT2D eigenvalue weighted by molar-refractivity contribution is 7.12. The van der Waals surface area contributed by atoms with E-state index in [9.17, 15) is 0 Å². The van der Waals surface area contributed by atoms with Crippen molar-refractivity contribution in [2.75, 3.05) is 13.6 Å². The first-order chi connectivity index (χ1) is 9.17. The van der Waals surface area contributed by atoms with Crippen molar-refractivity contribution < 1.29 is 0 Å². The van der Waals surface area contributed by atoms with Crippen LogP contribution in [0.5, 0.6) is 0 Å². The normalized spacial score (nSPS) is 10.5. The van der Waals surface area contributed by atoms with E-state index in [1.165, 1.54) is 10.4 Å². The van der Waals surface area contributed by atoms with E-state index in [0.717, 1.165) is 18.0 Å². The molecule has 0 saturated heterocycles. The van der Waals surface area contributed by atoms with Crippen molar-refractivity contribution in [3.63, 3.8) is 0 Å². The van der Waals surface area contributed by atoms with E-state index in [1.807, 2.05) is 24.1 Å². The molecule has 2 aromatic rings. The Morgan fingerprint density at radius 1 is 1.42 bits per heavy atom. The fourth-order valence-corrected chi connectivity index (χ4v) is 2.82. The van der Waals surface area contributed by atoms with Crippen molar-refractivity contribution >= 4 is 11.3 Å². The molecule has 0 atom stereocenters. The Morgan fingerprint density at radius 3 is 2.95 bits per heavy atom. The molecule has 4 nitrogen and oxygen atoms in total. The summed E-state index contributed by atoms with van der Waals surface area (Å²) in [5, 5.41) is 4.18. The van der Waals surface area contributed by atoms with Gasteiger partial charge in [0.25, 0.3) is 0 Å². The molecule has 2 aromatic heterocycles. The number of nitrogens with two attached hydrogens (primary N) is 1. The number of aryl methyl sites for hydroxylation is 1. The van der Waals surface area contributed by atoms with Crippen LogP contribution in [0.4, 0.5) is 0 Å². The van der Waals surface area contributed by atoms with Gasteiger partial charge in [-0.1, -0.05) is 11.8 Å². The highest BCUT2D eigenvalue weighted by Gasteiger charge is 2.05. The smallest absolute Gasteiger partial charge is 0.0772 e. The average Bonchev–Trinajstić information content (AvgIpc) is 2.96. The SMILES string of the molecule is CN(Cc1cnn(C)c1)Cc1ccc(C#CCN)s1. The van der Waals surface area contributed by atoms with Crippen molar-refractivity contribution in [3.8, 4) is 11.8 Å². The van der Waals surface area contributed by atoms with E-state index in [4.69, 9.17) is 5.73 Å². The standard InChI is InChI=1S/C14H18N4S/c1-17(9-12-8-16-18(2)10-12)11-14-6-5-13(19-14)4-3-7-15/h5-6,8,10H,7,9,11,15H2,1-2H3. The highest BCUT2D eigenvalue weighted by Crippen LogP contribution is 2.17. The van der Waals surface area contributed by atoms with Gasteiger partial charge in [0.1, 0.15) is 0 Å². The Morgan fingerprint density at radius 2 is 2.26 bits per heavy atom. The second-order valence-electron chi connectivity index (χ2n) is 4.47. The predicted molar refractivity (Wildman–Crippen MR) is 78.6 cm³/mol. The van der Waals surface area contributed by atoms with Gasteiger partial charge in [-0.2, -0.15) is 5.10 Å². The van der Waals surface area contributed by atoms with Crippen molar-refractivity contribution in [1.82, 2.24) is 14.7 Å². The molecule has 100 valence electrons. The van der Waals surface area contributed by atoms with Crippen LogP contribution in [0.2, 0.25) is 0 Å². The molecule has 0 saturated carbocycles. The van der Waals surface area contributed by atoms with Crippen LogP contribution in [0.15, 0.2) is 24.5 Å². The molecule has 19 heavy (non-hydrogen) atoms. The molecular weight excluding hydrogens is 256 g/mol. The van der Waals surface area contributed by atoms with Crippen molar-refractivity contribution in [3.05, 3.63) is 39.8 Å². The first-order valence-electron chi connectivity index (χ1n) is 6.11. The largest absolute Gasteiger partial charge is 0.320 e. The number of hydrogen-bond acceptors (Lipinski definition) is 4. The lowest BCUT2D eigenvalue weighted by Crippen LogP contribution is -2.16. The minimum absolute atomic E-state index is 0.411. The van der Waals surface area contributed by atoms with Gasteiger partial charge in [-0.3, -0.25) is 9.58 Å². The highest BCUT2D eigenvalue weighted by atomic mass is 32.1. The minimum atomic E-state index is 0.411. The van der Waals surface area contributed by atoms with Crippen molar-refractivity contribution in [1.29, 1.82) is 0 Å². The number of nitrogens with zero attached hydrogens (tertiary/aromatic N) is 3. The monoisotopic (exact) mass is 274 g/mol. The predicted octanol–water partition coefficient (Wildman–Crippen LogP) is 1.42. The Balaban J connectivity index is 1.91. The Hall–Kier alpha value is -1.61. The molecule has 0 fully saturated rings. The van der Waals surface area contributed by atoms with Gasteiger partial charge in [0, 0.05) is 36.8 Å². The van der Waals surface area contributed by atoms with Gasteiger partial charge in [-0.15, -0.1) is 11.3 Å². The van der Waals surface area contributed by atoms with Gasteiger partial charge in [-0.05, 0) is 19.2 Å². The third kappa shape index (κ3) is 4.21. The molecule has 0 aromatic carbocycles. The van der Waals surface area contributed by atoms with Crippen LogP contribution in [0.1, 0.15) is 15.3 Å². The molecule has 0 spiro atoms. The third-order valence-electron chi connectivity index (χ3n) is 2.61. The first kappa shape index (κ1) is 13.8. The molecule has 2 N–H and O–H groups in total. The molecule has 2 heterocycles. The molecule has 0 unspecified atom stereocenters. The molecule has 0 amide bonds. The van der Waals surface area contributed by atoms with Crippen LogP contribution in [-0.2, 0) is 20.1 Å². The number of thiophene rings is 1. The number of hydrogen-bond donors (Lipinski definition) is 1. The summed E-state index contributed by atoms with van der Waals surface area (Å²) in [6.45, 7) is 2.23. The summed E-state index contributed by atoms with van der Waals surface area (Å²) in [5.74, 6) is 5.94. The summed E-state index contributed by atoms with van der Waals surface area (Å²) in [5.41, 5.74) is 6.59. The van der Waals surface area contributed by atoms with Gasteiger partial charge in [0.2, 0.25) is 0 Å². The minimum Gasteiger partial charge on any atom is -0.320 e. The zero-order valence-corrected chi connectivity index (χ0v) is 12.1. The second-order valence-corrected chi connectivity index (χ2v) is 5.63. The van der Waals surface area contributed by atoms with Crippen LogP contribution >= 0.6 is 11.3 Å². The maximum absolute atomic E-state index is 5.37. The summed E-state index contributed by atoms with van der Waals surface area (Å²) >= 11 is 1.73. The maximum atomic E-state index is 5.37. The van der Waals surface area contributed by atoms with E-state index in [0.29, 0.717) is 6.54 Å². The van der Waals surface area contributed by atoms with Crippen LogP contribution < -0.4 is 5.73 Å². The Kier molecular flexibility index (Phi) is 4.74. The lowest BCUT2D eigenvalue weighted by atomic mass is 10.3. The number of rotatable bonds is 4. The van der Waals surface area contributed by atoms with E-state index in [-0.39, 0.29) is 0 Å². The number of aromatic nitrogens is 2. The first-order valence-corrected chi connectivity index (χ1v) is 6.92. The average molecular weight is 274 g/mol. The van der Waals surface area contributed by atoms with Gasteiger partial charge >= 0.3 is 0 Å².